The molecule has 1 aromatic heterocycles. The molecule has 0 saturated heterocycles. The predicted molar refractivity (Wildman–Crippen MR) is 78.1 cm³/mol. The minimum Gasteiger partial charge on any atom is -0.475 e. The first-order chi connectivity index (χ1) is 10.0. The Hall–Kier alpha value is -1.29. The maximum atomic E-state index is 11.0. The Morgan fingerprint density at radius 3 is 2.33 bits per heavy atom. The molecule has 5 rings (SSSR count). The van der Waals surface area contributed by atoms with Crippen molar-refractivity contribution in [1.29, 1.82) is 0 Å². The second-order valence-corrected chi connectivity index (χ2v) is 7.55. The van der Waals surface area contributed by atoms with Crippen molar-refractivity contribution in [1.82, 2.24) is 5.32 Å². The topological polar surface area (TPSA) is 62.5 Å². The van der Waals surface area contributed by atoms with Crippen LogP contribution in [0.5, 0.6) is 0 Å². The summed E-state index contributed by atoms with van der Waals surface area (Å²) in [6, 6.07) is 1.67. The summed E-state index contributed by atoms with van der Waals surface area (Å²) >= 11 is 0. The van der Waals surface area contributed by atoms with Crippen molar-refractivity contribution in [3.8, 4) is 0 Å². The summed E-state index contributed by atoms with van der Waals surface area (Å²) < 4.78 is 5.31. The van der Waals surface area contributed by atoms with Crippen molar-refractivity contribution in [2.45, 2.75) is 57.5 Å². The molecule has 0 spiro atoms. The predicted octanol–water partition coefficient (Wildman–Crippen LogP) is 3.34. The zero-order valence-electron chi connectivity index (χ0n) is 12.5. The third-order valence-electron chi connectivity index (χ3n) is 5.92. The highest BCUT2D eigenvalue weighted by Gasteiger charge is 2.50. The Morgan fingerprint density at radius 1 is 1.29 bits per heavy atom. The number of rotatable bonds is 4. The summed E-state index contributed by atoms with van der Waals surface area (Å²) in [4.78, 5) is 11.0. The number of carbonyl (C=O) groups is 1. The highest BCUT2D eigenvalue weighted by Crippen LogP contribution is 2.55. The van der Waals surface area contributed by atoms with Crippen molar-refractivity contribution in [3.05, 3.63) is 23.2 Å². The van der Waals surface area contributed by atoms with Gasteiger partial charge in [0.1, 0.15) is 5.76 Å². The van der Waals surface area contributed by atoms with Gasteiger partial charge in [-0.05, 0) is 69.3 Å². The van der Waals surface area contributed by atoms with Crippen LogP contribution in [0.1, 0.15) is 60.4 Å². The quantitative estimate of drug-likeness (QED) is 0.892. The minimum atomic E-state index is -0.987. The van der Waals surface area contributed by atoms with E-state index in [0.717, 1.165) is 35.6 Å². The van der Waals surface area contributed by atoms with Crippen LogP contribution in [-0.2, 0) is 6.54 Å². The maximum absolute atomic E-state index is 11.0. The number of hydrogen-bond donors (Lipinski definition) is 2. The van der Waals surface area contributed by atoms with Crippen LogP contribution in [0.3, 0.4) is 0 Å². The van der Waals surface area contributed by atoms with E-state index in [4.69, 9.17) is 9.52 Å². The fourth-order valence-corrected chi connectivity index (χ4v) is 5.41. The standard InChI is InChI=1S/C17H23NO3/c1-10-14(5-15(21-10)16(19)20)9-18-17-6-11-2-12(7-17)4-13(3-11)8-17/h5,11-13,18H,2-4,6-9H2,1H3,(H,19,20). The molecule has 0 aliphatic heterocycles. The summed E-state index contributed by atoms with van der Waals surface area (Å²) in [5, 5.41) is 12.8. The number of aromatic carboxylic acids is 1. The molecule has 1 aromatic rings. The lowest BCUT2D eigenvalue weighted by molar-refractivity contribution is -0.0206. The Labute approximate surface area is 124 Å². The van der Waals surface area contributed by atoms with Gasteiger partial charge in [-0.1, -0.05) is 0 Å². The first kappa shape index (κ1) is 13.4. The first-order valence-electron chi connectivity index (χ1n) is 8.11. The van der Waals surface area contributed by atoms with Gasteiger partial charge < -0.3 is 14.8 Å². The second kappa shape index (κ2) is 4.60. The monoisotopic (exact) mass is 289 g/mol. The third kappa shape index (κ3) is 2.30. The molecule has 4 aliphatic rings. The third-order valence-corrected chi connectivity index (χ3v) is 5.92. The molecule has 0 aromatic carbocycles. The van der Waals surface area contributed by atoms with Crippen LogP contribution >= 0.6 is 0 Å². The molecule has 0 amide bonds. The summed E-state index contributed by atoms with van der Waals surface area (Å²) in [6.45, 7) is 2.58. The average Bonchev–Trinajstić information content (AvgIpc) is 2.77. The maximum Gasteiger partial charge on any atom is 0.371 e. The van der Waals surface area contributed by atoms with Gasteiger partial charge in [-0.15, -0.1) is 0 Å². The lowest BCUT2D eigenvalue weighted by atomic mass is 9.53. The highest BCUT2D eigenvalue weighted by molar-refractivity contribution is 5.84. The van der Waals surface area contributed by atoms with Crippen LogP contribution in [-0.4, -0.2) is 16.6 Å². The Bertz CT molecular complexity index is 539. The summed E-state index contributed by atoms with van der Waals surface area (Å²) in [5.74, 6) is 2.55. The van der Waals surface area contributed by atoms with Gasteiger partial charge in [-0.3, -0.25) is 0 Å². The molecule has 0 radical (unpaired) electrons. The van der Waals surface area contributed by atoms with E-state index < -0.39 is 5.97 Å². The minimum absolute atomic E-state index is 0.0508. The molecular formula is C17H23NO3. The van der Waals surface area contributed by atoms with Crippen molar-refractivity contribution in [3.63, 3.8) is 0 Å². The van der Waals surface area contributed by atoms with E-state index in [1.807, 2.05) is 6.92 Å². The van der Waals surface area contributed by atoms with E-state index >= 15 is 0 Å². The van der Waals surface area contributed by atoms with Gasteiger partial charge >= 0.3 is 5.97 Å². The van der Waals surface area contributed by atoms with Crippen molar-refractivity contribution in [2.24, 2.45) is 17.8 Å². The molecule has 114 valence electrons. The number of nitrogens with one attached hydrogen (secondary N) is 1. The van der Waals surface area contributed by atoms with Crippen LogP contribution in [0.15, 0.2) is 10.5 Å². The highest BCUT2D eigenvalue weighted by atomic mass is 16.4. The molecule has 4 fully saturated rings. The van der Waals surface area contributed by atoms with E-state index in [1.165, 1.54) is 38.5 Å². The molecule has 1 heterocycles. The van der Waals surface area contributed by atoms with Crippen LogP contribution in [0.4, 0.5) is 0 Å². The zero-order chi connectivity index (χ0) is 14.6. The number of aryl methyl sites for hydroxylation is 1. The summed E-state index contributed by atoms with van der Waals surface area (Å²) in [7, 11) is 0. The van der Waals surface area contributed by atoms with Gasteiger partial charge in [0.2, 0.25) is 5.76 Å². The number of hydrogen-bond acceptors (Lipinski definition) is 3. The van der Waals surface area contributed by atoms with E-state index in [9.17, 15) is 4.79 Å². The van der Waals surface area contributed by atoms with Crippen molar-refractivity contribution in [2.75, 3.05) is 0 Å². The number of furan rings is 1. The van der Waals surface area contributed by atoms with Gasteiger partial charge in [0, 0.05) is 17.6 Å². The van der Waals surface area contributed by atoms with Crippen molar-refractivity contribution >= 4 is 5.97 Å². The fraction of sp³-hybridized carbons (Fsp3) is 0.706. The van der Waals surface area contributed by atoms with Gasteiger partial charge in [0.15, 0.2) is 0 Å². The molecule has 4 aliphatic carbocycles. The van der Waals surface area contributed by atoms with Gasteiger partial charge in [0.05, 0.1) is 0 Å². The summed E-state index contributed by atoms with van der Waals surface area (Å²) in [6.07, 6.45) is 8.24. The van der Waals surface area contributed by atoms with Crippen LogP contribution in [0.2, 0.25) is 0 Å². The van der Waals surface area contributed by atoms with Gasteiger partial charge in [-0.25, -0.2) is 4.79 Å². The van der Waals surface area contributed by atoms with Gasteiger partial charge in [-0.2, -0.15) is 0 Å². The Morgan fingerprint density at radius 2 is 1.86 bits per heavy atom. The SMILES string of the molecule is Cc1oc(C(=O)O)cc1CNC12CC3CC(CC(C3)C1)C2. The summed E-state index contributed by atoms with van der Waals surface area (Å²) in [5.41, 5.74) is 1.30. The average molecular weight is 289 g/mol. The molecule has 4 heteroatoms. The van der Waals surface area contributed by atoms with Crippen LogP contribution < -0.4 is 5.32 Å². The Kier molecular flexibility index (Phi) is 2.93. The molecule has 2 N–H and O–H groups in total. The van der Waals surface area contributed by atoms with Crippen LogP contribution in [0, 0.1) is 24.7 Å². The molecule has 4 bridgehead atoms. The van der Waals surface area contributed by atoms with Crippen molar-refractivity contribution < 1.29 is 14.3 Å². The molecule has 0 unspecified atom stereocenters. The van der Waals surface area contributed by atoms with E-state index in [1.54, 1.807) is 6.07 Å². The normalized spacial score (nSPS) is 37.1. The largest absolute Gasteiger partial charge is 0.475 e. The van der Waals surface area contributed by atoms with Crippen LogP contribution in [0.25, 0.3) is 0 Å². The molecule has 0 atom stereocenters. The fourth-order valence-electron chi connectivity index (χ4n) is 5.41. The zero-order valence-corrected chi connectivity index (χ0v) is 12.5. The first-order valence-corrected chi connectivity index (χ1v) is 8.11. The van der Waals surface area contributed by atoms with E-state index in [2.05, 4.69) is 5.32 Å². The smallest absolute Gasteiger partial charge is 0.371 e. The lowest BCUT2D eigenvalue weighted by Crippen LogP contribution is -2.58. The number of carboxylic acids is 1. The number of carboxylic acid groups (broad SMARTS) is 1. The molecule has 4 saturated carbocycles. The lowest BCUT2D eigenvalue weighted by Gasteiger charge is -2.57. The Balaban J connectivity index is 1.48. The van der Waals surface area contributed by atoms with Gasteiger partial charge in [0.25, 0.3) is 0 Å². The van der Waals surface area contributed by atoms with E-state index in [0.29, 0.717) is 5.54 Å². The molecule has 21 heavy (non-hydrogen) atoms. The molecular weight excluding hydrogens is 266 g/mol. The second-order valence-electron chi connectivity index (χ2n) is 7.55. The molecule has 4 nitrogen and oxygen atoms in total. The van der Waals surface area contributed by atoms with E-state index in [-0.39, 0.29) is 5.76 Å².